The Morgan fingerprint density at radius 3 is 2.53 bits per heavy atom. The topological polar surface area (TPSA) is 84.6 Å². The molecule has 7 heteroatoms. The highest BCUT2D eigenvalue weighted by molar-refractivity contribution is 5.84. The minimum atomic E-state index is -0.715. The van der Waals surface area contributed by atoms with E-state index in [1.807, 2.05) is 68.4 Å². The number of hydrogen-bond acceptors (Lipinski definition) is 6. The maximum Gasteiger partial charge on any atom is 0.131 e. The molecule has 7 rings (SSSR count). The molecular weight excluding hydrogens is 562 g/mol. The molecule has 3 aliphatic heterocycles. The number of pyridine rings is 1. The molecule has 2 bridgehead atoms. The van der Waals surface area contributed by atoms with Crippen molar-refractivity contribution in [3.63, 3.8) is 0 Å². The van der Waals surface area contributed by atoms with Crippen LogP contribution in [0.1, 0.15) is 49.5 Å². The molecule has 3 aromatic carbocycles. The summed E-state index contributed by atoms with van der Waals surface area (Å²) in [7, 11) is 1.65. The second kappa shape index (κ2) is 12.9. The lowest BCUT2D eigenvalue weighted by Crippen LogP contribution is -2.67. The molecule has 7 nitrogen and oxygen atoms in total. The number of rotatable bonds is 11. The largest absolute Gasteiger partial charge is 0.497 e. The van der Waals surface area contributed by atoms with Crippen molar-refractivity contribution >= 4 is 10.9 Å². The normalized spacial score (nSPS) is 22.9. The van der Waals surface area contributed by atoms with Crippen molar-refractivity contribution < 1.29 is 23.8 Å². The number of methoxy groups -OCH3 is 1. The van der Waals surface area contributed by atoms with Gasteiger partial charge in [-0.25, -0.2) is 0 Å². The molecule has 3 aliphatic rings. The summed E-state index contributed by atoms with van der Waals surface area (Å²) in [5.41, 5.74) is 4.88. The van der Waals surface area contributed by atoms with Crippen LogP contribution in [-0.4, -0.2) is 54.0 Å². The SMILES string of the molecule is C=C[C@H]1C[N@+]2(Cc3cccc(-c4c(OCC)cccc4OCC)c3C#N)CC[C@H]1C[C@H]2[C@H](O)c1ccnc2ccc(OC)cc12. The van der Waals surface area contributed by atoms with E-state index in [1.54, 1.807) is 13.3 Å². The molecule has 0 aliphatic carbocycles. The van der Waals surface area contributed by atoms with E-state index in [0.717, 1.165) is 64.8 Å². The van der Waals surface area contributed by atoms with Crippen LogP contribution in [0.2, 0.25) is 0 Å². The van der Waals surface area contributed by atoms with Gasteiger partial charge in [0.05, 0.1) is 50.1 Å². The van der Waals surface area contributed by atoms with Gasteiger partial charge in [-0.15, -0.1) is 6.58 Å². The highest BCUT2D eigenvalue weighted by Gasteiger charge is 2.54. The third-order valence-corrected chi connectivity index (χ3v) is 9.95. The van der Waals surface area contributed by atoms with Crippen molar-refractivity contribution in [2.75, 3.05) is 33.4 Å². The fourth-order valence-corrected chi connectivity index (χ4v) is 7.86. The molecule has 5 atom stereocenters. The third kappa shape index (κ3) is 5.54. The summed E-state index contributed by atoms with van der Waals surface area (Å²) in [6, 6.07) is 22.1. The highest BCUT2D eigenvalue weighted by atomic mass is 16.5. The van der Waals surface area contributed by atoms with E-state index in [-0.39, 0.29) is 6.04 Å². The summed E-state index contributed by atoms with van der Waals surface area (Å²) in [5, 5.41) is 23.9. The van der Waals surface area contributed by atoms with E-state index in [9.17, 15) is 10.4 Å². The lowest BCUT2D eigenvalue weighted by atomic mass is 9.71. The van der Waals surface area contributed by atoms with Crippen molar-refractivity contribution in [2.24, 2.45) is 11.8 Å². The smallest absolute Gasteiger partial charge is 0.131 e. The average molecular weight is 605 g/mol. The molecule has 3 saturated heterocycles. The van der Waals surface area contributed by atoms with Gasteiger partial charge in [-0.1, -0.05) is 30.3 Å². The monoisotopic (exact) mass is 604 g/mol. The van der Waals surface area contributed by atoms with Gasteiger partial charge in [0, 0.05) is 41.5 Å². The third-order valence-electron chi connectivity index (χ3n) is 9.95. The summed E-state index contributed by atoms with van der Waals surface area (Å²) in [5.74, 6) is 2.96. The van der Waals surface area contributed by atoms with Gasteiger partial charge < -0.3 is 23.8 Å². The van der Waals surface area contributed by atoms with Gasteiger partial charge in [0.2, 0.25) is 0 Å². The fraction of sp³-hybridized carbons (Fsp3) is 0.368. The Labute approximate surface area is 265 Å². The Morgan fingerprint density at radius 1 is 1.09 bits per heavy atom. The number of nitrogens with zero attached hydrogens (tertiary/aromatic N) is 3. The molecule has 0 unspecified atom stereocenters. The first-order valence-electron chi connectivity index (χ1n) is 16.0. The summed E-state index contributed by atoms with van der Waals surface area (Å²) >= 11 is 0. The number of piperidine rings is 3. The predicted octanol–water partition coefficient (Wildman–Crippen LogP) is 7.22. The molecule has 1 N–H and O–H groups in total. The maximum atomic E-state index is 12.3. The van der Waals surface area contributed by atoms with E-state index < -0.39 is 6.10 Å². The predicted molar refractivity (Wildman–Crippen MR) is 176 cm³/mol. The number of benzene rings is 3. The van der Waals surface area contributed by atoms with E-state index in [0.29, 0.717) is 53.1 Å². The van der Waals surface area contributed by atoms with Crippen molar-refractivity contribution in [1.29, 1.82) is 5.26 Å². The molecule has 0 saturated carbocycles. The van der Waals surface area contributed by atoms with Crippen molar-refractivity contribution in [2.45, 2.75) is 45.4 Å². The van der Waals surface area contributed by atoms with Crippen molar-refractivity contribution in [1.82, 2.24) is 4.98 Å². The molecule has 3 fully saturated rings. The van der Waals surface area contributed by atoms with Gasteiger partial charge in [0.1, 0.15) is 42.0 Å². The van der Waals surface area contributed by atoms with Crippen LogP contribution in [0.25, 0.3) is 22.0 Å². The van der Waals surface area contributed by atoms with Crippen LogP contribution in [0.15, 0.2) is 79.5 Å². The molecular formula is C38H42N3O4+. The van der Waals surface area contributed by atoms with Gasteiger partial charge in [-0.2, -0.15) is 5.26 Å². The number of aromatic nitrogens is 1. The van der Waals surface area contributed by atoms with Crippen LogP contribution in [0.3, 0.4) is 0 Å². The number of fused-ring (bicyclic) bond motifs is 4. The Morgan fingerprint density at radius 2 is 1.84 bits per heavy atom. The molecule has 45 heavy (non-hydrogen) atoms. The number of hydrogen-bond donors (Lipinski definition) is 1. The molecule has 0 spiro atoms. The first kappa shape index (κ1) is 30.6. The van der Waals surface area contributed by atoms with Crippen LogP contribution in [0.5, 0.6) is 17.2 Å². The zero-order chi connectivity index (χ0) is 31.6. The summed E-state index contributed by atoms with van der Waals surface area (Å²) in [4.78, 5) is 4.56. The summed E-state index contributed by atoms with van der Waals surface area (Å²) in [6.45, 7) is 11.5. The molecule has 232 valence electrons. The Balaban J connectivity index is 1.45. The van der Waals surface area contributed by atoms with Crippen molar-refractivity contribution in [3.05, 3.63) is 96.2 Å². The quantitative estimate of drug-likeness (QED) is 0.144. The Bertz CT molecular complexity index is 1720. The molecule has 4 aromatic rings. The lowest BCUT2D eigenvalue weighted by molar-refractivity contribution is -0.984. The van der Waals surface area contributed by atoms with Crippen LogP contribution in [0.4, 0.5) is 0 Å². The minimum absolute atomic E-state index is 0.0540. The number of aliphatic hydroxyl groups is 1. The second-order valence-corrected chi connectivity index (χ2v) is 12.2. The first-order valence-corrected chi connectivity index (χ1v) is 16.0. The molecule has 0 radical (unpaired) electrons. The van der Waals surface area contributed by atoms with Crippen LogP contribution >= 0.6 is 0 Å². The number of quaternary nitrogens is 1. The summed E-state index contributed by atoms with van der Waals surface area (Å²) in [6.07, 6.45) is 5.11. The highest BCUT2D eigenvalue weighted by Crippen LogP contribution is 2.49. The van der Waals surface area contributed by atoms with E-state index in [4.69, 9.17) is 14.2 Å². The van der Waals surface area contributed by atoms with E-state index in [2.05, 4.69) is 29.8 Å². The first-order chi connectivity index (χ1) is 22.0. The second-order valence-electron chi connectivity index (χ2n) is 12.2. The standard InChI is InChI=1S/C38H42N3O4/c1-5-25-23-41(19-17-26(25)20-34(41)38(42)30-16-18-40-33-15-14-28(43-4)21-31(30)33)24-27-10-8-11-29(32(27)22-39)37-35(44-6-2)12-9-13-36(37)45-7-3/h5,8-16,18,21,25-26,34,38,42H,1,6-7,17,19-20,23-24H2,2-4H3/q+1/t25-,26-,34-,38+,41-/m0/s1. The van der Waals surface area contributed by atoms with E-state index >= 15 is 0 Å². The zero-order valence-corrected chi connectivity index (χ0v) is 26.4. The van der Waals surface area contributed by atoms with Crippen LogP contribution in [-0.2, 0) is 6.54 Å². The van der Waals surface area contributed by atoms with Gasteiger partial charge in [0.25, 0.3) is 0 Å². The average Bonchev–Trinajstić information content (AvgIpc) is 3.07. The fourth-order valence-electron chi connectivity index (χ4n) is 7.86. The maximum absolute atomic E-state index is 12.3. The molecule has 4 heterocycles. The Hall–Kier alpha value is -4.38. The number of nitriles is 1. The number of ether oxygens (including phenoxy) is 3. The van der Waals surface area contributed by atoms with E-state index in [1.165, 1.54) is 0 Å². The zero-order valence-electron chi connectivity index (χ0n) is 26.4. The van der Waals surface area contributed by atoms with Gasteiger partial charge >= 0.3 is 0 Å². The molecule has 1 aromatic heterocycles. The minimum Gasteiger partial charge on any atom is -0.497 e. The number of aliphatic hydroxyl groups excluding tert-OH is 1. The van der Waals surface area contributed by atoms with Crippen LogP contribution in [0, 0.1) is 23.2 Å². The van der Waals surface area contributed by atoms with Crippen molar-refractivity contribution in [3.8, 4) is 34.4 Å². The lowest BCUT2D eigenvalue weighted by Gasteiger charge is -2.58. The van der Waals surface area contributed by atoms with Gasteiger partial charge in [0.15, 0.2) is 0 Å². The Kier molecular flexibility index (Phi) is 8.80. The van der Waals surface area contributed by atoms with Crippen LogP contribution < -0.4 is 14.2 Å². The summed E-state index contributed by atoms with van der Waals surface area (Å²) < 4.78 is 18.3. The molecule has 0 amide bonds. The van der Waals surface area contributed by atoms with Gasteiger partial charge in [-0.3, -0.25) is 4.98 Å². The van der Waals surface area contributed by atoms with Gasteiger partial charge in [-0.05, 0) is 61.7 Å².